The van der Waals surface area contributed by atoms with Crippen molar-refractivity contribution in [3.8, 4) is 11.5 Å². The first kappa shape index (κ1) is 19.6. The number of carbonyl (C=O) groups is 1. The van der Waals surface area contributed by atoms with Gasteiger partial charge in [0.1, 0.15) is 0 Å². The number of piperidine rings is 1. The fraction of sp³-hybridized carbons (Fsp3) is 0.588. The molecular weight excluding hydrogens is 316 g/mol. The molecule has 0 spiro atoms. The molecular formula is C17H27ClN2O3. The molecule has 1 aliphatic rings. The number of halogens is 1. The number of ether oxygens (including phenoxy) is 2. The molecule has 130 valence electrons. The molecule has 23 heavy (non-hydrogen) atoms. The van der Waals surface area contributed by atoms with E-state index in [1.165, 1.54) is 0 Å². The molecule has 0 bridgehead atoms. The molecule has 5 nitrogen and oxygen atoms in total. The summed E-state index contributed by atoms with van der Waals surface area (Å²) >= 11 is 0. The van der Waals surface area contributed by atoms with E-state index in [0.717, 1.165) is 31.4 Å². The molecule has 2 unspecified atom stereocenters. The quantitative estimate of drug-likeness (QED) is 0.892. The van der Waals surface area contributed by atoms with Crippen LogP contribution in [0.3, 0.4) is 0 Å². The smallest absolute Gasteiger partial charge is 0.227 e. The van der Waals surface area contributed by atoms with Gasteiger partial charge in [0.15, 0.2) is 11.5 Å². The van der Waals surface area contributed by atoms with Crippen LogP contribution in [-0.4, -0.2) is 43.7 Å². The van der Waals surface area contributed by atoms with Crippen LogP contribution in [0.4, 0.5) is 0 Å². The van der Waals surface area contributed by atoms with Crippen molar-refractivity contribution in [3.05, 3.63) is 23.8 Å². The molecule has 0 aliphatic carbocycles. The third-order valence-electron chi connectivity index (χ3n) is 4.28. The van der Waals surface area contributed by atoms with Crippen LogP contribution in [0.2, 0.25) is 0 Å². The summed E-state index contributed by atoms with van der Waals surface area (Å²) in [6.45, 7) is 2.78. The van der Waals surface area contributed by atoms with Gasteiger partial charge in [0.2, 0.25) is 5.91 Å². The Bertz CT molecular complexity index is 523. The zero-order chi connectivity index (χ0) is 16.1. The number of likely N-dealkylation sites (tertiary alicyclic amines) is 1. The zero-order valence-electron chi connectivity index (χ0n) is 14.1. The maximum Gasteiger partial charge on any atom is 0.227 e. The number of amides is 1. The average Bonchev–Trinajstić information content (AvgIpc) is 2.54. The second-order valence-corrected chi connectivity index (χ2v) is 5.88. The summed E-state index contributed by atoms with van der Waals surface area (Å²) in [5, 5.41) is 0. The Hall–Kier alpha value is -1.46. The molecule has 0 radical (unpaired) electrons. The van der Waals surface area contributed by atoms with Crippen molar-refractivity contribution in [1.29, 1.82) is 0 Å². The van der Waals surface area contributed by atoms with Crippen molar-refractivity contribution in [3.63, 3.8) is 0 Å². The highest BCUT2D eigenvalue weighted by molar-refractivity contribution is 5.85. The van der Waals surface area contributed by atoms with Crippen LogP contribution in [0.25, 0.3) is 0 Å². The molecule has 1 fully saturated rings. The van der Waals surface area contributed by atoms with Gasteiger partial charge in [-0.1, -0.05) is 6.07 Å². The minimum atomic E-state index is 0. The highest BCUT2D eigenvalue weighted by Gasteiger charge is 2.29. The van der Waals surface area contributed by atoms with Crippen LogP contribution in [-0.2, 0) is 11.2 Å². The molecule has 1 saturated heterocycles. The topological polar surface area (TPSA) is 64.8 Å². The van der Waals surface area contributed by atoms with Gasteiger partial charge in [-0.3, -0.25) is 4.79 Å². The molecule has 1 aliphatic heterocycles. The van der Waals surface area contributed by atoms with Crippen molar-refractivity contribution in [2.45, 2.75) is 44.7 Å². The Morgan fingerprint density at radius 1 is 1.30 bits per heavy atom. The first-order chi connectivity index (χ1) is 10.6. The number of carbonyl (C=O) groups excluding carboxylic acids is 1. The summed E-state index contributed by atoms with van der Waals surface area (Å²) in [5.41, 5.74) is 6.97. The van der Waals surface area contributed by atoms with E-state index in [1.807, 2.05) is 30.0 Å². The number of rotatable bonds is 5. The number of nitrogens with two attached hydrogens (primary N) is 1. The van der Waals surface area contributed by atoms with Crippen molar-refractivity contribution in [2.75, 3.05) is 20.8 Å². The lowest BCUT2D eigenvalue weighted by Crippen LogP contribution is -2.52. The maximum atomic E-state index is 12.6. The molecule has 0 saturated carbocycles. The van der Waals surface area contributed by atoms with E-state index in [1.54, 1.807) is 14.2 Å². The van der Waals surface area contributed by atoms with Crippen molar-refractivity contribution < 1.29 is 14.3 Å². The molecule has 1 aromatic rings. The lowest BCUT2D eigenvalue weighted by molar-refractivity contribution is -0.134. The fourth-order valence-corrected chi connectivity index (χ4v) is 3.08. The number of nitrogens with zero attached hydrogens (tertiary/aromatic N) is 1. The van der Waals surface area contributed by atoms with Crippen molar-refractivity contribution >= 4 is 18.3 Å². The van der Waals surface area contributed by atoms with Crippen molar-refractivity contribution in [1.82, 2.24) is 4.90 Å². The van der Waals surface area contributed by atoms with Gasteiger partial charge in [0.05, 0.1) is 20.6 Å². The van der Waals surface area contributed by atoms with Crippen LogP contribution >= 0.6 is 12.4 Å². The van der Waals surface area contributed by atoms with Gasteiger partial charge < -0.3 is 20.1 Å². The Kier molecular flexibility index (Phi) is 7.65. The van der Waals surface area contributed by atoms with E-state index < -0.39 is 0 Å². The van der Waals surface area contributed by atoms with Gasteiger partial charge in [-0.15, -0.1) is 12.4 Å². The largest absolute Gasteiger partial charge is 0.493 e. The van der Waals surface area contributed by atoms with Gasteiger partial charge in [-0.2, -0.15) is 0 Å². The van der Waals surface area contributed by atoms with Crippen LogP contribution in [0.5, 0.6) is 11.5 Å². The highest BCUT2D eigenvalue weighted by atomic mass is 35.5. The summed E-state index contributed by atoms with van der Waals surface area (Å²) in [6, 6.07) is 5.77. The third-order valence-corrected chi connectivity index (χ3v) is 4.28. The minimum Gasteiger partial charge on any atom is -0.493 e. The predicted molar refractivity (Wildman–Crippen MR) is 93.5 cm³/mol. The zero-order valence-corrected chi connectivity index (χ0v) is 14.9. The summed E-state index contributed by atoms with van der Waals surface area (Å²) < 4.78 is 10.5. The molecule has 2 atom stereocenters. The summed E-state index contributed by atoms with van der Waals surface area (Å²) in [7, 11) is 3.20. The molecule has 2 rings (SSSR count). The number of hydrogen-bond donors (Lipinski definition) is 1. The Balaban J connectivity index is 0.00000264. The number of benzene rings is 1. The lowest BCUT2D eigenvalue weighted by atomic mass is 9.96. The Morgan fingerprint density at radius 2 is 2.00 bits per heavy atom. The van der Waals surface area contributed by atoms with Crippen LogP contribution in [0, 0.1) is 0 Å². The van der Waals surface area contributed by atoms with E-state index in [2.05, 4.69) is 0 Å². The molecule has 0 aromatic heterocycles. The van der Waals surface area contributed by atoms with Gasteiger partial charge in [0.25, 0.3) is 0 Å². The summed E-state index contributed by atoms with van der Waals surface area (Å²) in [5.74, 6) is 1.45. The van der Waals surface area contributed by atoms with Gasteiger partial charge in [0, 0.05) is 18.6 Å². The van der Waals surface area contributed by atoms with E-state index in [9.17, 15) is 4.79 Å². The molecule has 2 N–H and O–H groups in total. The maximum absolute atomic E-state index is 12.6. The Labute approximate surface area is 144 Å². The van der Waals surface area contributed by atoms with Crippen LogP contribution in [0.15, 0.2) is 18.2 Å². The first-order valence-electron chi connectivity index (χ1n) is 7.82. The lowest BCUT2D eigenvalue weighted by Gasteiger charge is -2.38. The number of methoxy groups -OCH3 is 2. The van der Waals surface area contributed by atoms with Crippen LogP contribution < -0.4 is 15.2 Å². The summed E-state index contributed by atoms with van der Waals surface area (Å²) in [6.07, 6.45) is 3.56. The molecule has 1 aromatic carbocycles. The summed E-state index contributed by atoms with van der Waals surface area (Å²) in [4.78, 5) is 14.6. The predicted octanol–water partition coefficient (Wildman–Crippen LogP) is 2.40. The SMILES string of the molecule is COc1ccc(CC(=O)N2CCCCC2C(C)N)cc1OC.Cl. The average molecular weight is 343 g/mol. The van der Waals surface area contributed by atoms with Gasteiger partial charge in [-0.25, -0.2) is 0 Å². The molecule has 1 amide bonds. The van der Waals surface area contributed by atoms with Crippen LogP contribution in [0.1, 0.15) is 31.7 Å². The fourth-order valence-electron chi connectivity index (χ4n) is 3.08. The van der Waals surface area contributed by atoms with E-state index >= 15 is 0 Å². The molecule has 1 heterocycles. The standard InChI is InChI=1S/C17H26N2O3.ClH/c1-12(18)14-6-4-5-9-19(14)17(20)11-13-7-8-15(21-2)16(10-13)22-3;/h7-8,10,12,14H,4-6,9,11,18H2,1-3H3;1H. The second kappa shape index (κ2) is 8.99. The van der Waals surface area contributed by atoms with E-state index in [0.29, 0.717) is 17.9 Å². The van der Waals surface area contributed by atoms with E-state index in [4.69, 9.17) is 15.2 Å². The highest BCUT2D eigenvalue weighted by Crippen LogP contribution is 2.28. The van der Waals surface area contributed by atoms with E-state index in [-0.39, 0.29) is 30.4 Å². The Morgan fingerprint density at radius 3 is 2.61 bits per heavy atom. The van der Waals surface area contributed by atoms with Crippen molar-refractivity contribution in [2.24, 2.45) is 5.73 Å². The monoisotopic (exact) mass is 342 g/mol. The van der Waals surface area contributed by atoms with Gasteiger partial charge in [-0.05, 0) is 43.9 Å². The normalized spacial score (nSPS) is 18.8. The third kappa shape index (κ3) is 4.75. The first-order valence-corrected chi connectivity index (χ1v) is 7.82. The second-order valence-electron chi connectivity index (χ2n) is 5.88. The number of hydrogen-bond acceptors (Lipinski definition) is 4. The van der Waals surface area contributed by atoms with Gasteiger partial charge >= 0.3 is 0 Å². The minimum absolute atomic E-state index is 0. The molecule has 6 heteroatoms.